The van der Waals surface area contributed by atoms with Gasteiger partial charge in [-0.2, -0.15) is 11.3 Å². The summed E-state index contributed by atoms with van der Waals surface area (Å²) in [5.74, 6) is 0.562. The number of nitrogens with two attached hydrogens (primary N) is 1. The minimum atomic E-state index is 0.562. The molecule has 0 aliphatic carbocycles. The number of hydrogen-bond acceptors (Lipinski definition) is 4. The Labute approximate surface area is 92.7 Å². The first-order valence-electron chi connectivity index (χ1n) is 5.00. The first-order chi connectivity index (χ1) is 7.31. The molecule has 2 N–H and O–H groups in total. The lowest BCUT2D eigenvalue weighted by Crippen LogP contribution is -2.06. The molecule has 4 nitrogen and oxygen atoms in total. The van der Waals surface area contributed by atoms with Crippen LogP contribution in [0.1, 0.15) is 24.6 Å². The van der Waals surface area contributed by atoms with Gasteiger partial charge in [-0.15, -0.1) is 5.10 Å². The van der Waals surface area contributed by atoms with Crippen LogP contribution >= 0.6 is 11.3 Å². The molecule has 0 aromatic carbocycles. The smallest absolute Gasteiger partial charge is 0.169 e. The van der Waals surface area contributed by atoms with E-state index in [4.69, 9.17) is 5.73 Å². The molecular formula is C10H14N4S. The maximum Gasteiger partial charge on any atom is 0.169 e. The summed E-state index contributed by atoms with van der Waals surface area (Å²) in [6.45, 7) is 2.89. The third kappa shape index (κ3) is 2.18. The van der Waals surface area contributed by atoms with Gasteiger partial charge in [0.25, 0.3) is 0 Å². The monoisotopic (exact) mass is 222 g/mol. The number of nitrogen functional groups attached to an aromatic ring is 1. The molecule has 2 rings (SSSR count). The van der Waals surface area contributed by atoms with Gasteiger partial charge in [0.1, 0.15) is 0 Å². The molecule has 0 aliphatic heterocycles. The second-order valence-electron chi connectivity index (χ2n) is 3.46. The van der Waals surface area contributed by atoms with Crippen molar-refractivity contribution >= 4 is 17.2 Å². The molecule has 0 amide bonds. The van der Waals surface area contributed by atoms with Crippen LogP contribution in [0.2, 0.25) is 0 Å². The quantitative estimate of drug-likeness (QED) is 0.859. The topological polar surface area (TPSA) is 56.7 Å². The Hall–Kier alpha value is -1.36. The number of thiophene rings is 1. The Bertz CT molecular complexity index is 419. The lowest BCUT2D eigenvalue weighted by Gasteiger charge is -2.03. The third-order valence-corrected chi connectivity index (χ3v) is 3.00. The highest BCUT2D eigenvalue weighted by molar-refractivity contribution is 7.07. The molecule has 2 aromatic rings. The Balaban J connectivity index is 2.21. The number of anilines is 1. The summed E-state index contributed by atoms with van der Waals surface area (Å²) >= 11 is 1.69. The molecule has 80 valence electrons. The van der Waals surface area contributed by atoms with E-state index in [1.807, 2.05) is 4.68 Å². The zero-order valence-electron chi connectivity index (χ0n) is 8.68. The molecule has 0 saturated heterocycles. The molecule has 0 fully saturated rings. The Morgan fingerprint density at radius 1 is 1.53 bits per heavy atom. The molecule has 0 radical (unpaired) electrons. The molecule has 15 heavy (non-hydrogen) atoms. The van der Waals surface area contributed by atoms with Gasteiger partial charge < -0.3 is 5.73 Å². The van der Waals surface area contributed by atoms with Crippen molar-refractivity contribution in [1.82, 2.24) is 15.0 Å². The van der Waals surface area contributed by atoms with E-state index in [1.54, 1.807) is 11.3 Å². The van der Waals surface area contributed by atoms with Crippen LogP contribution < -0.4 is 5.73 Å². The van der Waals surface area contributed by atoms with Crippen molar-refractivity contribution in [2.75, 3.05) is 5.73 Å². The second kappa shape index (κ2) is 4.44. The lowest BCUT2D eigenvalue weighted by molar-refractivity contribution is 0.614. The molecule has 0 unspecified atom stereocenters. The molecule has 2 heterocycles. The van der Waals surface area contributed by atoms with Gasteiger partial charge in [0.15, 0.2) is 5.82 Å². The molecule has 0 aliphatic rings. The van der Waals surface area contributed by atoms with Crippen LogP contribution in [-0.4, -0.2) is 15.0 Å². The van der Waals surface area contributed by atoms with Crippen LogP contribution in [0.5, 0.6) is 0 Å². The molecular weight excluding hydrogens is 208 g/mol. The predicted molar refractivity (Wildman–Crippen MR) is 61.9 cm³/mol. The van der Waals surface area contributed by atoms with Crippen LogP contribution in [-0.2, 0) is 13.0 Å². The average Bonchev–Trinajstić information content (AvgIpc) is 2.83. The molecule has 0 atom stereocenters. The van der Waals surface area contributed by atoms with Gasteiger partial charge in [0.2, 0.25) is 0 Å². The minimum absolute atomic E-state index is 0.562. The van der Waals surface area contributed by atoms with Crippen molar-refractivity contribution in [2.45, 2.75) is 26.3 Å². The van der Waals surface area contributed by atoms with Crippen molar-refractivity contribution < 1.29 is 0 Å². The number of hydrogen-bond donors (Lipinski definition) is 1. The highest BCUT2D eigenvalue weighted by Crippen LogP contribution is 2.13. The van der Waals surface area contributed by atoms with E-state index in [2.05, 4.69) is 34.1 Å². The Kier molecular flexibility index (Phi) is 3.01. The fourth-order valence-corrected chi connectivity index (χ4v) is 2.18. The normalized spacial score (nSPS) is 10.7. The van der Waals surface area contributed by atoms with Gasteiger partial charge in [0.05, 0.1) is 12.2 Å². The standard InChI is InChI=1S/C10H14N4S/c1-2-3-9-10(11)12-13-14(9)6-8-4-5-15-7-8/h4-5,7H,2-3,6,11H2,1H3. The van der Waals surface area contributed by atoms with E-state index in [9.17, 15) is 0 Å². The van der Waals surface area contributed by atoms with Gasteiger partial charge in [-0.3, -0.25) is 0 Å². The van der Waals surface area contributed by atoms with Gasteiger partial charge in [0, 0.05) is 0 Å². The van der Waals surface area contributed by atoms with E-state index in [1.165, 1.54) is 5.56 Å². The molecule has 0 bridgehead atoms. The highest BCUT2D eigenvalue weighted by atomic mass is 32.1. The van der Waals surface area contributed by atoms with Crippen LogP contribution in [0.4, 0.5) is 5.82 Å². The van der Waals surface area contributed by atoms with E-state index in [0.29, 0.717) is 5.82 Å². The maximum atomic E-state index is 5.76. The predicted octanol–water partition coefficient (Wildman–Crippen LogP) is 1.92. The number of rotatable bonds is 4. The number of aromatic nitrogens is 3. The summed E-state index contributed by atoms with van der Waals surface area (Å²) < 4.78 is 1.89. The fraction of sp³-hybridized carbons (Fsp3) is 0.400. The van der Waals surface area contributed by atoms with E-state index >= 15 is 0 Å². The van der Waals surface area contributed by atoms with Gasteiger partial charge in [-0.25, -0.2) is 4.68 Å². The minimum Gasteiger partial charge on any atom is -0.381 e. The van der Waals surface area contributed by atoms with Gasteiger partial charge in [-0.05, 0) is 28.8 Å². The van der Waals surface area contributed by atoms with Crippen LogP contribution in [0.25, 0.3) is 0 Å². The molecule has 0 saturated carbocycles. The molecule has 2 aromatic heterocycles. The summed E-state index contributed by atoms with van der Waals surface area (Å²) in [5, 5.41) is 12.1. The van der Waals surface area contributed by atoms with Crippen LogP contribution in [0.3, 0.4) is 0 Å². The summed E-state index contributed by atoms with van der Waals surface area (Å²) in [6, 6.07) is 2.10. The second-order valence-corrected chi connectivity index (χ2v) is 4.24. The molecule has 5 heteroatoms. The summed E-state index contributed by atoms with van der Waals surface area (Å²) in [7, 11) is 0. The fourth-order valence-electron chi connectivity index (χ4n) is 1.52. The van der Waals surface area contributed by atoms with Crippen molar-refractivity contribution in [1.29, 1.82) is 0 Å². The zero-order valence-corrected chi connectivity index (χ0v) is 9.50. The Morgan fingerprint density at radius 3 is 3.07 bits per heavy atom. The van der Waals surface area contributed by atoms with E-state index < -0.39 is 0 Å². The largest absolute Gasteiger partial charge is 0.381 e. The van der Waals surface area contributed by atoms with Gasteiger partial charge >= 0.3 is 0 Å². The van der Waals surface area contributed by atoms with E-state index in [-0.39, 0.29) is 0 Å². The Morgan fingerprint density at radius 2 is 2.40 bits per heavy atom. The van der Waals surface area contributed by atoms with Gasteiger partial charge in [-0.1, -0.05) is 18.6 Å². The van der Waals surface area contributed by atoms with Crippen molar-refractivity contribution in [3.05, 3.63) is 28.1 Å². The SMILES string of the molecule is CCCc1c(N)nnn1Cc1ccsc1. The summed E-state index contributed by atoms with van der Waals surface area (Å²) in [5.41, 5.74) is 8.06. The average molecular weight is 222 g/mol. The van der Waals surface area contributed by atoms with Crippen molar-refractivity contribution in [3.8, 4) is 0 Å². The zero-order chi connectivity index (χ0) is 10.7. The van der Waals surface area contributed by atoms with E-state index in [0.717, 1.165) is 25.1 Å². The maximum absolute atomic E-state index is 5.76. The van der Waals surface area contributed by atoms with Crippen LogP contribution in [0.15, 0.2) is 16.8 Å². The first kappa shape index (κ1) is 10.2. The van der Waals surface area contributed by atoms with Crippen LogP contribution in [0, 0.1) is 0 Å². The highest BCUT2D eigenvalue weighted by Gasteiger charge is 2.09. The van der Waals surface area contributed by atoms with Crippen molar-refractivity contribution in [2.24, 2.45) is 0 Å². The third-order valence-electron chi connectivity index (χ3n) is 2.27. The van der Waals surface area contributed by atoms with Crippen molar-refractivity contribution in [3.63, 3.8) is 0 Å². The lowest BCUT2D eigenvalue weighted by atomic mass is 10.2. The summed E-state index contributed by atoms with van der Waals surface area (Å²) in [6.07, 6.45) is 1.99. The molecule has 0 spiro atoms. The number of nitrogens with zero attached hydrogens (tertiary/aromatic N) is 3. The first-order valence-corrected chi connectivity index (χ1v) is 5.94. The summed E-state index contributed by atoms with van der Waals surface area (Å²) in [4.78, 5) is 0.